The number of carbonyl (C=O) groups is 1. The lowest BCUT2D eigenvalue weighted by Crippen LogP contribution is -2.48. The molecule has 3 aromatic heterocycles. The number of nitrogens with one attached hydrogen (secondary N) is 1. The summed E-state index contributed by atoms with van der Waals surface area (Å²) in [4.78, 5) is 39.2. The molecule has 0 aromatic carbocycles. The Morgan fingerprint density at radius 3 is 2.75 bits per heavy atom. The molecule has 0 unspecified atom stereocenters. The van der Waals surface area contributed by atoms with Gasteiger partial charge in [-0.25, -0.2) is 9.78 Å². The number of amides is 1. The maximum Gasteiger partial charge on any atom is 0.409 e. The van der Waals surface area contributed by atoms with Gasteiger partial charge in [-0.3, -0.25) is 9.69 Å². The van der Waals surface area contributed by atoms with Gasteiger partial charge in [-0.05, 0) is 26.0 Å². The molecule has 4 heterocycles. The molecule has 0 spiro atoms. The van der Waals surface area contributed by atoms with Crippen LogP contribution in [0.3, 0.4) is 0 Å². The first-order valence-electron chi connectivity index (χ1n) is 9.26. The van der Waals surface area contributed by atoms with Crippen molar-refractivity contribution in [3.8, 4) is 10.4 Å². The monoisotopic (exact) mass is 418 g/mol. The van der Waals surface area contributed by atoms with Gasteiger partial charge in [0.05, 0.1) is 18.5 Å². The van der Waals surface area contributed by atoms with Crippen LogP contribution in [-0.2, 0) is 11.3 Å². The van der Waals surface area contributed by atoms with Crippen molar-refractivity contribution in [2.75, 3.05) is 32.8 Å². The number of hydrogen-bond donors (Lipinski definition) is 1. The number of thiophene rings is 2. The Morgan fingerprint density at radius 2 is 2.07 bits per heavy atom. The second-order valence-electron chi connectivity index (χ2n) is 6.71. The van der Waals surface area contributed by atoms with E-state index in [4.69, 9.17) is 4.74 Å². The molecule has 148 valence electrons. The molecule has 1 fully saturated rings. The number of aromatic nitrogens is 2. The molecule has 1 N–H and O–H groups in total. The van der Waals surface area contributed by atoms with Crippen molar-refractivity contribution in [1.29, 1.82) is 0 Å². The molecule has 0 bridgehead atoms. The highest BCUT2D eigenvalue weighted by atomic mass is 32.1. The summed E-state index contributed by atoms with van der Waals surface area (Å²) < 4.78 is 5.05. The van der Waals surface area contributed by atoms with Crippen molar-refractivity contribution in [3.05, 3.63) is 38.6 Å². The lowest BCUT2D eigenvalue weighted by Gasteiger charge is -2.33. The molecule has 1 aliphatic heterocycles. The van der Waals surface area contributed by atoms with Crippen molar-refractivity contribution in [2.45, 2.75) is 20.4 Å². The van der Waals surface area contributed by atoms with Crippen LogP contribution in [0.25, 0.3) is 20.7 Å². The molecular formula is C19H22N4O3S2. The Kier molecular flexibility index (Phi) is 5.47. The van der Waals surface area contributed by atoms with Gasteiger partial charge in [-0.2, -0.15) is 0 Å². The fraction of sp³-hybridized carbons (Fsp3) is 0.421. The van der Waals surface area contributed by atoms with Crippen molar-refractivity contribution in [1.82, 2.24) is 19.8 Å². The first-order chi connectivity index (χ1) is 13.5. The van der Waals surface area contributed by atoms with Gasteiger partial charge in [-0.1, -0.05) is 0 Å². The number of H-pyrrole nitrogens is 1. The average molecular weight is 419 g/mol. The van der Waals surface area contributed by atoms with E-state index in [-0.39, 0.29) is 11.7 Å². The van der Waals surface area contributed by atoms with E-state index in [2.05, 4.69) is 33.9 Å². The van der Waals surface area contributed by atoms with Crippen molar-refractivity contribution in [3.63, 3.8) is 0 Å². The highest BCUT2D eigenvalue weighted by Crippen LogP contribution is 2.35. The van der Waals surface area contributed by atoms with Crippen LogP contribution in [0.5, 0.6) is 0 Å². The van der Waals surface area contributed by atoms with Crippen LogP contribution < -0.4 is 5.56 Å². The second-order valence-corrected chi connectivity index (χ2v) is 8.86. The van der Waals surface area contributed by atoms with E-state index in [1.165, 1.54) is 16.2 Å². The van der Waals surface area contributed by atoms with Gasteiger partial charge in [0, 0.05) is 46.9 Å². The number of rotatable bonds is 4. The predicted octanol–water partition coefficient (Wildman–Crippen LogP) is 3.30. The lowest BCUT2D eigenvalue weighted by molar-refractivity contribution is 0.0772. The van der Waals surface area contributed by atoms with Crippen LogP contribution in [0.15, 0.2) is 22.3 Å². The molecule has 7 nitrogen and oxygen atoms in total. The zero-order chi connectivity index (χ0) is 19.7. The average Bonchev–Trinajstić information content (AvgIpc) is 3.29. The molecule has 3 aromatic rings. The van der Waals surface area contributed by atoms with Gasteiger partial charge in [0.25, 0.3) is 5.56 Å². The van der Waals surface area contributed by atoms with E-state index in [1.54, 1.807) is 16.2 Å². The molecule has 1 amide bonds. The molecule has 0 atom stereocenters. The van der Waals surface area contributed by atoms with Gasteiger partial charge < -0.3 is 14.6 Å². The smallest absolute Gasteiger partial charge is 0.409 e. The highest BCUT2D eigenvalue weighted by molar-refractivity contribution is 7.19. The summed E-state index contributed by atoms with van der Waals surface area (Å²) in [6.45, 7) is 7.51. The number of piperazine rings is 1. The third-order valence-electron chi connectivity index (χ3n) is 4.77. The standard InChI is InChI=1S/C19H22N4O3S2/c1-3-26-19(25)23-8-6-22(7-9-23)10-15-20-17(24)16-13(11-27-18(16)21-15)14-5-4-12(2)28-14/h4-5,11H,3,6-10H2,1-2H3,(H,20,21,24). The zero-order valence-corrected chi connectivity index (χ0v) is 17.5. The Morgan fingerprint density at radius 1 is 1.29 bits per heavy atom. The number of aryl methyl sites for hydroxylation is 1. The largest absolute Gasteiger partial charge is 0.450 e. The first-order valence-corrected chi connectivity index (χ1v) is 11.0. The SMILES string of the molecule is CCOC(=O)N1CCN(Cc2nc3scc(-c4ccc(C)s4)c3c(=O)[nH]2)CC1. The molecule has 0 aliphatic carbocycles. The second kappa shape index (κ2) is 8.02. The topological polar surface area (TPSA) is 78.5 Å². The zero-order valence-electron chi connectivity index (χ0n) is 15.9. The number of aromatic amines is 1. The fourth-order valence-electron chi connectivity index (χ4n) is 3.34. The molecule has 0 radical (unpaired) electrons. The van der Waals surface area contributed by atoms with Crippen LogP contribution in [-0.4, -0.2) is 58.6 Å². The summed E-state index contributed by atoms with van der Waals surface area (Å²) >= 11 is 3.19. The van der Waals surface area contributed by atoms with E-state index < -0.39 is 0 Å². The number of ether oxygens (including phenoxy) is 1. The summed E-state index contributed by atoms with van der Waals surface area (Å²) in [5.41, 5.74) is 0.869. The van der Waals surface area contributed by atoms with E-state index in [1.807, 2.05) is 12.3 Å². The lowest BCUT2D eigenvalue weighted by atomic mass is 10.2. The molecule has 4 rings (SSSR count). The molecule has 1 aliphatic rings. The third-order valence-corrected chi connectivity index (χ3v) is 6.68. The van der Waals surface area contributed by atoms with Gasteiger partial charge in [0.15, 0.2) is 0 Å². The normalized spacial score (nSPS) is 15.3. The van der Waals surface area contributed by atoms with Crippen LogP contribution in [0.1, 0.15) is 17.6 Å². The molecule has 0 saturated carbocycles. The summed E-state index contributed by atoms with van der Waals surface area (Å²) in [5, 5.41) is 2.68. The Hall–Kier alpha value is -2.23. The van der Waals surface area contributed by atoms with Crippen molar-refractivity contribution in [2.24, 2.45) is 0 Å². The van der Waals surface area contributed by atoms with Crippen molar-refractivity contribution >= 4 is 39.0 Å². The summed E-state index contributed by atoms with van der Waals surface area (Å²) in [5.74, 6) is 0.665. The third kappa shape index (κ3) is 3.82. The Balaban J connectivity index is 1.49. The number of hydrogen-bond acceptors (Lipinski definition) is 7. The fourth-order valence-corrected chi connectivity index (χ4v) is 5.27. The van der Waals surface area contributed by atoms with E-state index in [0.29, 0.717) is 37.5 Å². The highest BCUT2D eigenvalue weighted by Gasteiger charge is 2.23. The summed E-state index contributed by atoms with van der Waals surface area (Å²) in [6.07, 6.45) is -0.259. The molecule has 1 saturated heterocycles. The molecular weight excluding hydrogens is 396 g/mol. The predicted molar refractivity (Wildman–Crippen MR) is 112 cm³/mol. The quantitative estimate of drug-likeness (QED) is 0.703. The minimum atomic E-state index is -0.259. The minimum Gasteiger partial charge on any atom is -0.450 e. The number of carbonyl (C=O) groups excluding carboxylic acids is 1. The van der Waals surface area contributed by atoms with Crippen LogP contribution in [0.4, 0.5) is 4.79 Å². The molecule has 9 heteroatoms. The Bertz CT molecular complexity index is 1050. The number of fused-ring (bicyclic) bond motifs is 1. The van der Waals surface area contributed by atoms with Gasteiger partial charge in [-0.15, -0.1) is 22.7 Å². The number of nitrogens with zero attached hydrogens (tertiary/aromatic N) is 3. The summed E-state index contributed by atoms with van der Waals surface area (Å²) in [7, 11) is 0. The van der Waals surface area contributed by atoms with Gasteiger partial charge in [0.1, 0.15) is 10.7 Å². The maximum absolute atomic E-state index is 12.7. The van der Waals surface area contributed by atoms with Crippen LogP contribution >= 0.6 is 22.7 Å². The van der Waals surface area contributed by atoms with E-state index >= 15 is 0 Å². The molecule has 28 heavy (non-hydrogen) atoms. The van der Waals surface area contributed by atoms with E-state index in [9.17, 15) is 9.59 Å². The minimum absolute atomic E-state index is 0.0903. The summed E-state index contributed by atoms with van der Waals surface area (Å²) in [6, 6.07) is 4.12. The maximum atomic E-state index is 12.7. The van der Waals surface area contributed by atoms with Crippen LogP contribution in [0, 0.1) is 6.92 Å². The Labute approximate surface area is 170 Å². The van der Waals surface area contributed by atoms with Gasteiger partial charge >= 0.3 is 6.09 Å². The van der Waals surface area contributed by atoms with E-state index in [0.717, 1.165) is 28.4 Å². The van der Waals surface area contributed by atoms with Crippen LogP contribution in [0.2, 0.25) is 0 Å². The van der Waals surface area contributed by atoms with Crippen molar-refractivity contribution < 1.29 is 9.53 Å². The first kappa shape index (κ1) is 19.1. The van der Waals surface area contributed by atoms with Gasteiger partial charge in [0.2, 0.25) is 0 Å².